The summed E-state index contributed by atoms with van der Waals surface area (Å²) in [6, 6.07) is 16.7. The molecule has 0 saturated heterocycles. The monoisotopic (exact) mass is 414 g/mol. The van der Waals surface area contributed by atoms with Crippen molar-refractivity contribution in [2.75, 3.05) is 0 Å². The van der Waals surface area contributed by atoms with Crippen LogP contribution in [0.25, 0.3) is 4.91 Å². The standard InChI is InChI=1S/C22H14N4O3S/c23-10-16-20(13-3-7-15(28)8-4-13)17(11-24)22-26(21(16)25)19(29)9-18(30-22)12-1-5-14(27)6-2-12/h1-9,20,27-28H,25H2. The third kappa shape index (κ3) is 3.06. The fraction of sp³-hybridized carbons (Fsp3) is 0.0455. The molecule has 2 aliphatic heterocycles. The first kappa shape index (κ1) is 19.2. The Kier molecular flexibility index (Phi) is 4.71. The predicted molar refractivity (Wildman–Crippen MR) is 111 cm³/mol. The molecular formula is C22H14N4O3S. The topological polar surface area (TPSA) is 134 Å². The number of thioether (sulfide) groups is 1. The molecule has 0 bridgehead atoms. The lowest BCUT2D eigenvalue weighted by molar-refractivity contribution is -0.122. The fourth-order valence-electron chi connectivity index (χ4n) is 3.40. The number of phenolic OH excluding ortho intramolecular Hbond substituents is 2. The maximum absolute atomic E-state index is 12.9. The highest BCUT2D eigenvalue weighted by Crippen LogP contribution is 2.49. The number of allylic oxidation sites excluding steroid dienone is 2. The zero-order valence-electron chi connectivity index (χ0n) is 15.4. The lowest BCUT2D eigenvalue weighted by Crippen LogP contribution is -2.39. The van der Waals surface area contributed by atoms with E-state index < -0.39 is 11.8 Å². The number of hydrogen-bond acceptors (Lipinski definition) is 7. The Hall–Kier alpha value is -4.14. The van der Waals surface area contributed by atoms with Gasteiger partial charge in [0.15, 0.2) is 0 Å². The predicted octanol–water partition coefficient (Wildman–Crippen LogP) is 3.24. The summed E-state index contributed by atoms with van der Waals surface area (Å²) in [5.74, 6) is -1.10. The molecule has 0 radical (unpaired) electrons. The van der Waals surface area contributed by atoms with Gasteiger partial charge >= 0.3 is 0 Å². The van der Waals surface area contributed by atoms with Crippen LogP contribution in [0, 0.1) is 22.7 Å². The normalized spacial score (nSPS) is 18.5. The molecule has 7 nitrogen and oxygen atoms in total. The van der Waals surface area contributed by atoms with E-state index >= 15 is 0 Å². The van der Waals surface area contributed by atoms with Gasteiger partial charge in [0, 0.05) is 11.0 Å². The number of nitriles is 2. The first-order chi connectivity index (χ1) is 14.4. The highest BCUT2D eigenvalue weighted by Gasteiger charge is 2.40. The quantitative estimate of drug-likeness (QED) is 0.686. The summed E-state index contributed by atoms with van der Waals surface area (Å²) in [6.45, 7) is 0. The molecule has 0 spiro atoms. The number of amides is 1. The molecule has 30 heavy (non-hydrogen) atoms. The number of nitrogens with zero attached hydrogens (tertiary/aromatic N) is 3. The summed E-state index contributed by atoms with van der Waals surface area (Å²) in [6.07, 6.45) is 1.39. The molecule has 2 aromatic carbocycles. The highest BCUT2D eigenvalue weighted by molar-refractivity contribution is 8.11. The minimum Gasteiger partial charge on any atom is -0.508 e. The second-order valence-corrected chi connectivity index (χ2v) is 7.63. The van der Waals surface area contributed by atoms with E-state index in [4.69, 9.17) is 5.73 Å². The van der Waals surface area contributed by atoms with Crippen molar-refractivity contribution >= 4 is 22.6 Å². The molecule has 2 aromatic rings. The first-order valence-corrected chi connectivity index (χ1v) is 9.62. The van der Waals surface area contributed by atoms with E-state index in [0.717, 1.165) is 0 Å². The summed E-state index contributed by atoms with van der Waals surface area (Å²) >= 11 is 1.20. The average molecular weight is 414 g/mol. The number of fused-ring (bicyclic) bond motifs is 1. The van der Waals surface area contributed by atoms with Gasteiger partial charge in [-0.05, 0) is 35.4 Å². The minimum atomic E-state index is -0.758. The molecule has 8 heteroatoms. The van der Waals surface area contributed by atoms with Gasteiger partial charge in [-0.3, -0.25) is 9.69 Å². The molecule has 1 amide bonds. The number of rotatable bonds is 2. The van der Waals surface area contributed by atoms with Gasteiger partial charge in [-0.1, -0.05) is 36.0 Å². The van der Waals surface area contributed by atoms with Gasteiger partial charge in [-0.2, -0.15) is 10.5 Å². The summed E-state index contributed by atoms with van der Waals surface area (Å²) in [7, 11) is 0. The van der Waals surface area contributed by atoms with Crippen LogP contribution >= 0.6 is 11.8 Å². The van der Waals surface area contributed by atoms with Crippen molar-refractivity contribution in [1.29, 1.82) is 10.5 Å². The van der Waals surface area contributed by atoms with Crippen LogP contribution in [-0.4, -0.2) is 21.0 Å². The molecule has 0 fully saturated rings. The van der Waals surface area contributed by atoms with Crippen molar-refractivity contribution < 1.29 is 15.0 Å². The number of phenols is 2. The minimum absolute atomic E-state index is 0.0249. The van der Waals surface area contributed by atoms with Crippen LogP contribution in [0.1, 0.15) is 17.0 Å². The molecule has 1 atom stereocenters. The molecule has 0 aromatic heterocycles. The van der Waals surface area contributed by atoms with Crippen molar-refractivity contribution in [1.82, 2.24) is 4.90 Å². The van der Waals surface area contributed by atoms with Crippen molar-refractivity contribution in [2.45, 2.75) is 5.92 Å². The Bertz CT molecular complexity index is 1230. The molecule has 0 aliphatic carbocycles. The summed E-state index contributed by atoms with van der Waals surface area (Å²) in [4.78, 5) is 14.7. The average Bonchev–Trinajstić information content (AvgIpc) is 2.74. The zero-order valence-corrected chi connectivity index (χ0v) is 16.2. The number of nitrogens with two attached hydrogens (primary N) is 1. The Labute approximate surface area is 176 Å². The van der Waals surface area contributed by atoms with Crippen LogP contribution in [0.3, 0.4) is 0 Å². The fourth-order valence-corrected chi connectivity index (χ4v) is 4.57. The van der Waals surface area contributed by atoms with Crippen molar-refractivity contribution in [3.8, 4) is 23.6 Å². The van der Waals surface area contributed by atoms with E-state index in [1.165, 1.54) is 47.0 Å². The summed E-state index contributed by atoms with van der Waals surface area (Å²) in [5, 5.41) is 39.2. The molecule has 1 unspecified atom stereocenters. The van der Waals surface area contributed by atoms with Gasteiger partial charge in [-0.15, -0.1) is 0 Å². The second-order valence-electron chi connectivity index (χ2n) is 6.60. The maximum atomic E-state index is 12.9. The van der Waals surface area contributed by atoms with E-state index in [-0.39, 0.29) is 28.5 Å². The van der Waals surface area contributed by atoms with Gasteiger partial charge in [0.05, 0.1) is 29.2 Å². The SMILES string of the molecule is N#CC1=C(N)N2C(=O)C=C(c3ccc(O)cc3)SC2=C(C#N)C1c1ccc(O)cc1. The first-order valence-electron chi connectivity index (χ1n) is 8.80. The molecule has 2 aliphatic rings. The molecular weight excluding hydrogens is 400 g/mol. The largest absolute Gasteiger partial charge is 0.508 e. The van der Waals surface area contributed by atoms with Crippen molar-refractivity contribution in [3.63, 3.8) is 0 Å². The number of carbonyl (C=O) groups is 1. The van der Waals surface area contributed by atoms with Crippen LogP contribution < -0.4 is 5.73 Å². The maximum Gasteiger partial charge on any atom is 0.258 e. The summed E-state index contributed by atoms with van der Waals surface area (Å²) in [5.41, 5.74) is 7.82. The smallest absolute Gasteiger partial charge is 0.258 e. The number of aromatic hydroxyl groups is 2. The van der Waals surface area contributed by atoms with Gasteiger partial charge in [0.2, 0.25) is 0 Å². The van der Waals surface area contributed by atoms with Crippen LogP contribution in [0.4, 0.5) is 0 Å². The zero-order chi connectivity index (χ0) is 21.4. The number of carbonyl (C=O) groups excluding carboxylic acids is 1. The van der Waals surface area contributed by atoms with Gasteiger partial charge in [0.25, 0.3) is 5.91 Å². The van der Waals surface area contributed by atoms with E-state index in [9.17, 15) is 25.5 Å². The Morgan fingerprint density at radius 2 is 1.50 bits per heavy atom. The molecule has 4 rings (SSSR count). The van der Waals surface area contributed by atoms with Crippen LogP contribution in [-0.2, 0) is 4.79 Å². The Morgan fingerprint density at radius 3 is 2.07 bits per heavy atom. The van der Waals surface area contributed by atoms with Gasteiger partial charge in [0.1, 0.15) is 22.3 Å². The van der Waals surface area contributed by atoms with E-state index in [2.05, 4.69) is 6.07 Å². The van der Waals surface area contributed by atoms with E-state index in [0.29, 0.717) is 21.1 Å². The summed E-state index contributed by atoms with van der Waals surface area (Å²) < 4.78 is 0. The molecule has 4 N–H and O–H groups in total. The van der Waals surface area contributed by atoms with Crippen LogP contribution in [0.5, 0.6) is 11.5 Å². The molecule has 2 heterocycles. The number of hydrogen-bond donors (Lipinski definition) is 3. The van der Waals surface area contributed by atoms with Crippen molar-refractivity contribution in [3.05, 3.63) is 87.7 Å². The molecule has 146 valence electrons. The second kappa shape index (κ2) is 7.36. The van der Waals surface area contributed by atoms with Crippen LogP contribution in [0.15, 0.2) is 76.6 Å². The lowest BCUT2D eigenvalue weighted by Gasteiger charge is -2.36. The third-order valence-corrected chi connectivity index (χ3v) is 6.00. The van der Waals surface area contributed by atoms with Gasteiger partial charge < -0.3 is 15.9 Å². The number of benzene rings is 2. The van der Waals surface area contributed by atoms with E-state index in [1.54, 1.807) is 24.3 Å². The third-order valence-electron chi connectivity index (χ3n) is 4.83. The Balaban J connectivity index is 1.89. The Morgan fingerprint density at radius 1 is 0.933 bits per heavy atom. The lowest BCUT2D eigenvalue weighted by atomic mass is 9.83. The van der Waals surface area contributed by atoms with Crippen molar-refractivity contribution in [2.24, 2.45) is 5.73 Å². The van der Waals surface area contributed by atoms with Crippen LogP contribution in [0.2, 0.25) is 0 Å². The highest BCUT2D eigenvalue weighted by atomic mass is 32.2. The molecule has 0 saturated carbocycles. The van der Waals surface area contributed by atoms with Gasteiger partial charge in [-0.25, -0.2) is 0 Å². The van der Waals surface area contributed by atoms with E-state index in [1.807, 2.05) is 6.07 Å².